The summed E-state index contributed by atoms with van der Waals surface area (Å²) >= 11 is 0. The second-order valence-corrected chi connectivity index (χ2v) is 5.19. The van der Waals surface area contributed by atoms with Gasteiger partial charge in [0.1, 0.15) is 0 Å². The Labute approximate surface area is 143 Å². The number of azo groups is 1. The van der Waals surface area contributed by atoms with E-state index < -0.39 is 0 Å². The molecule has 2 N–H and O–H groups in total. The fourth-order valence-electron chi connectivity index (χ4n) is 1.99. The highest BCUT2D eigenvalue weighted by molar-refractivity contribution is 8.93. The van der Waals surface area contributed by atoms with E-state index in [1.54, 1.807) is 0 Å². The van der Waals surface area contributed by atoms with Crippen molar-refractivity contribution in [3.05, 3.63) is 48.3 Å². The first kappa shape index (κ1) is 18.4. The Morgan fingerprint density at radius 1 is 1.18 bits per heavy atom. The molecular formula is C16H24BrN5. The first-order valence-electron chi connectivity index (χ1n) is 7.20. The molecule has 22 heavy (non-hydrogen) atoms. The number of halogens is 1. The molecule has 0 aliphatic carbocycles. The molecule has 6 heteroatoms. The van der Waals surface area contributed by atoms with Crippen LogP contribution >= 0.6 is 17.0 Å². The van der Waals surface area contributed by atoms with E-state index >= 15 is 0 Å². The lowest BCUT2D eigenvalue weighted by Gasteiger charge is -2.20. The predicted octanol–water partition coefficient (Wildman–Crippen LogP) is 3.48. The van der Waals surface area contributed by atoms with Crippen LogP contribution in [-0.4, -0.2) is 38.6 Å². The Morgan fingerprint density at radius 2 is 1.91 bits per heavy atom. The van der Waals surface area contributed by atoms with Gasteiger partial charge in [-0.3, -0.25) is 0 Å². The Morgan fingerprint density at radius 3 is 2.45 bits per heavy atom. The molecule has 1 aromatic carbocycles. The van der Waals surface area contributed by atoms with E-state index in [-0.39, 0.29) is 17.0 Å². The van der Waals surface area contributed by atoms with Gasteiger partial charge in [0.15, 0.2) is 0 Å². The van der Waals surface area contributed by atoms with Crippen LogP contribution in [0.1, 0.15) is 6.42 Å². The SMILES string of the molecule is Br.CN(C)c1ccc(N=NC2=CCN(CCCN)C=C2)cc1. The van der Waals surface area contributed by atoms with Crippen molar-refractivity contribution in [1.82, 2.24) is 4.90 Å². The van der Waals surface area contributed by atoms with E-state index in [0.29, 0.717) is 0 Å². The highest BCUT2D eigenvalue weighted by Crippen LogP contribution is 2.20. The van der Waals surface area contributed by atoms with Crippen LogP contribution in [-0.2, 0) is 0 Å². The summed E-state index contributed by atoms with van der Waals surface area (Å²) < 4.78 is 0. The van der Waals surface area contributed by atoms with Gasteiger partial charge >= 0.3 is 0 Å². The number of nitrogens with zero attached hydrogens (tertiary/aromatic N) is 4. The Kier molecular flexibility index (Phi) is 7.84. The third-order valence-electron chi connectivity index (χ3n) is 3.29. The summed E-state index contributed by atoms with van der Waals surface area (Å²) in [6.07, 6.45) is 7.12. The molecule has 120 valence electrons. The van der Waals surface area contributed by atoms with Crippen molar-refractivity contribution in [3.8, 4) is 0 Å². The van der Waals surface area contributed by atoms with Crippen LogP contribution < -0.4 is 10.6 Å². The Hall–Kier alpha value is -1.66. The van der Waals surface area contributed by atoms with Gasteiger partial charge in [0.05, 0.1) is 11.4 Å². The average molecular weight is 366 g/mol. The maximum atomic E-state index is 5.51. The fraction of sp³-hybridized carbons (Fsp3) is 0.375. The zero-order chi connectivity index (χ0) is 15.1. The minimum atomic E-state index is 0. The summed E-state index contributed by atoms with van der Waals surface area (Å²) in [5.74, 6) is 0. The molecule has 0 bridgehead atoms. The molecule has 0 amide bonds. The number of anilines is 1. The minimum Gasteiger partial charge on any atom is -0.378 e. The topological polar surface area (TPSA) is 57.2 Å². The van der Waals surface area contributed by atoms with Crippen molar-refractivity contribution < 1.29 is 0 Å². The monoisotopic (exact) mass is 365 g/mol. The molecule has 0 saturated carbocycles. The van der Waals surface area contributed by atoms with Crippen LogP contribution in [0, 0.1) is 0 Å². The van der Waals surface area contributed by atoms with E-state index in [4.69, 9.17) is 5.73 Å². The second kappa shape index (κ2) is 9.38. The number of benzene rings is 1. The van der Waals surface area contributed by atoms with E-state index in [1.807, 2.05) is 44.4 Å². The summed E-state index contributed by atoms with van der Waals surface area (Å²) in [5.41, 5.74) is 8.43. The number of rotatable bonds is 6. The quantitative estimate of drug-likeness (QED) is 0.785. The number of hydrogen-bond acceptors (Lipinski definition) is 5. The molecule has 0 spiro atoms. The van der Waals surface area contributed by atoms with Gasteiger partial charge in [-0.15, -0.1) is 17.0 Å². The van der Waals surface area contributed by atoms with Crippen LogP contribution in [0.5, 0.6) is 0 Å². The van der Waals surface area contributed by atoms with E-state index in [2.05, 4.69) is 32.3 Å². The molecule has 5 nitrogen and oxygen atoms in total. The Bertz CT molecular complexity index is 534. The summed E-state index contributed by atoms with van der Waals surface area (Å²) in [7, 11) is 4.04. The van der Waals surface area contributed by atoms with Crippen molar-refractivity contribution in [1.29, 1.82) is 0 Å². The van der Waals surface area contributed by atoms with Gasteiger partial charge in [0.2, 0.25) is 0 Å². The molecule has 0 atom stereocenters. The van der Waals surface area contributed by atoms with Crippen LogP contribution in [0.15, 0.2) is 58.5 Å². The average Bonchev–Trinajstić information content (AvgIpc) is 2.52. The molecule has 0 radical (unpaired) electrons. The lowest BCUT2D eigenvalue weighted by molar-refractivity contribution is 0.404. The largest absolute Gasteiger partial charge is 0.378 e. The van der Waals surface area contributed by atoms with Crippen LogP contribution in [0.3, 0.4) is 0 Å². The van der Waals surface area contributed by atoms with E-state index in [0.717, 1.165) is 43.1 Å². The zero-order valence-electron chi connectivity index (χ0n) is 13.1. The zero-order valence-corrected chi connectivity index (χ0v) is 14.9. The van der Waals surface area contributed by atoms with Crippen molar-refractivity contribution in [2.24, 2.45) is 16.0 Å². The predicted molar refractivity (Wildman–Crippen MR) is 98.1 cm³/mol. The summed E-state index contributed by atoms with van der Waals surface area (Å²) in [4.78, 5) is 4.28. The number of hydrogen-bond donors (Lipinski definition) is 1. The number of allylic oxidation sites excluding steroid dienone is 1. The van der Waals surface area contributed by atoms with Crippen molar-refractivity contribution in [3.63, 3.8) is 0 Å². The van der Waals surface area contributed by atoms with E-state index in [9.17, 15) is 0 Å². The Balaban J connectivity index is 0.00000242. The molecule has 1 aliphatic rings. The maximum absolute atomic E-state index is 5.51. The standard InChI is InChI=1S/C16H23N5.BrH/c1-20(2)16-6-4-14(5-7-16)18-19-15-8-12-21(13-9-15)11-3-10-17;/h4-9,12H,3,10-11,13,17H2,1-2H3;1H. The molecule has 1 aliphatic heterocycles. The summed E-state index contributed by atoms with van der Waals surface area (Å²) in [6, 6.07) is 8.01. The fourth-order valence-corrected chi connectivity index (χ4v) is 1.99. The first-order valence-corrected chi connectivity index (χ1v) is 7.20. The van der Waals surface area contributed by atoms with Crippen molar-refractivity contribution in [2.75, 3.05) is 38.6 Å². The van der Waals surface area contributed by atoms with Gasteiger partial charge in [0, 0.05) is 39.1 Å². The van der Waals surface area contributed by atoms with Gasteiger partial charge in [-0.1, -0.05) is 0 Å². The summed E-state index contributed by atoms with van der Waals surface area (Å²) in [6.45, 7) is 2.58. The van der Waals surface area contributed by atoms with E-state index in [1.165, 1.54) is 0 Å². The molecule has 2 rings (SSSR count). The van der Waals surface area contributed by atoms with Crippen LogP contribution in [0.25, 0.3) is 0 Å². The molecule has 0 fully saturated rings. The number of nitrogens with two attached hydrogens (primary N) is 1. The summed E-state index contributed by atoms with van der Waals surface area (Å²) in [5, 5.41) is 8.54. The highest BCUT2D eigenvalue weighted by Gasteiger charge is 2.03. The lowest BCUT2D eigenvalue weighted by Crippen LogP contribution is -2.22. The van der Waals surface area contributed by atoms with Gasteiger partial charge in [-0.2, -0.15) is 10.2 Å². The van der Waals surface area contributed by atoms with Gasteiger partial charge in [-0.05, 0) is 49.4 Å². The first-order chi connectivity index (χ1) is 10.2. The molecule has 1 heterocycles. The normalized spacial score (nSPS) is 14.0. The molecule has 1 aromatic rings. The minimum absolute atomic E-state index is 0. The van der Waals surface area contributed by atoms with Gasteiger partial charge in [-0.25, -0.2) is 0 Å². The maximum Gasteiger partial charge on any atom is 0.0858 e. The third kappa shape index (κ3) is 5.61. The van der Waals surface area contributed by atoms with Crippen molar-refractivity contribution >= 4 is 28.4 Å². The smallest absolute Gasteiger partial charge is 0.0858 e. The van der Waals surface area contributed by atoms with Crippen LogP contribution in [0.2, 0.25) is 0 Å². The molecular weight excluding hydrogens is 342 g/mol. The lowest BCUT2D eigenvalue weighted by atomic mass is 10.2. The van der Waals surface area contributed by atoms with Crippen molar-refractivity contribution in [2.45, 2.75) is 6.42 Å². The molecule has 0 saturated heterocycles. The third-order valence-corrected chi connectivity index (χ3v) is 3.29. The molecule has 0 unspecified atom stereocenters. The highest BCUT2D eigenvalue weighted by atomic mass is 79.9. The van der Waals surface area contributed by atoms with Crippen LogP contribution in [0.4, 0.5) is 11.4 Å². The molecule has 0 aromatic heterocycles. The van der Waals surface area contributed by atoms with Gasteiger partial charge < -0.3 is 15.5 Å². The second-order valence-electron chi connectivity index (χ2n) is 5.19. The van der Waals surface area contributed by atoms with Gasteiger partial charge in [0.25, 0.3) is 0 Å².